The molecule has 0 radical (unpaired) electrons. The van der Waals surface area contributed by atoms with E-state index in [-0.39, 0.29) is 12.1 Å². The Morgan fingerprint density at radius 3 is 2.60 bits per heavy atom. The Hall–Kier alpha value is -1.90. The molecule has 0 saturated heterocycles. The van der Waals surface area contributed by atoms with Crippen molar-refractivity contribution >= 4 is 22.4 Å². The molecule has 0 fully saturated rings. The van der Waals surface area contributed by atoms with Gasteiger partial charge in [0, 0.05) is 16.1 Å². The third-order valence-electron chi connectivity index (χ3n) is 4.34. The van der Waals surface area contributed by atoms with E-state index < -0.39 is 17.8 Å². The highest BCUT2D eigenvalue weighted by atomic mass is 32.1. The zero-order valence-electron chi connectivity index (χ0n) is 14.0. The van der Waals surface area contributed by atoms with E-state index in [0.29, 0.717) is 30.1 Å². The second kappa shape index (κ2) is 6.78. The number of anilines is 1. The summed E-state index contributed by atoms with van der Waals surface area (Å²) in [7, 11) is 0. The van der Waals surface area contributed by atoms with Crippen LogP contribution in [-0.2, 0) is 30.4 Å². The zero-order valence-corrected chi connectivity index (χ0v) is 14.9. The Morgan fingerprint density at radius 2 is 1.96 bits per heavy atom. The van der Waals surface area contributed by atoms with Crippen LogP contribution in [0.5, 0.6) is 0 Å². The van der Waals surface area contributed by atoms with E-state index in [4.69, 9.17) is 0 Å². The number of hydrogen-bond acceptors (Lipinski definition) is 4. The summed E-state index contributed by atoms with van der Waals surface area (Å²) in [6, 6.07) is 0. The monoisotopic (exact) mass is 372 g/mol. The molecule has 0 bridgehead atoms. The Bertz CT molecular complexity index is 775. The molecule has 0 aromatic carbocycles. The largest absolute Gasteiger partial charge is 0.435 e. The van der Waals surface area contributed by atoms with E-state index in [9.17, 15) is 18.0 Å². The van der Waals surface area contributed by atoms with Crippen LogP contribution in [0.15, 0.2) is 0 Å². The predicted molar refractivity (Wildman–Crippen MR) is 88.7 cm³/mol. The van der Waals surface area contributed by atoms with Crippen molar-refractivity contribution in [2.75, 3.05) is 5.32 Å². The molecular weight excluding hydrogens is 353 g/mol. The first-order valence-corrected chi connectivity index (χ1v) is 8.97. The molecule has 1 N–H and O–H groups in total. The molecule has 0 aliphatic heterocycles. The van der Waals surface area contributed by atoms with Gasteiger partial charge in [0.1, 0.15) is 6.54 Å². The number of hydrogen-bond donors (Lipinski definition) is 1. The van der Waals surface area contributed by atoms with Gasteiger partial charge >= 0.3 is 6.18 Å². The summed E-state index contributed by atoms with van der Waals surface area (Å²) >= 11 is 1.34. The predicted octanol–water partition coefficient (Wildman–Crippen LogP) is 3.88. The SMILES string of the molecule is Cc1nc(NC(=O)Cn2nc(C(F)(F)F)c3c2CCCCC3)sc1C. The van der Waals surface area contributed by atoms with Crippen molar-refractivity contribution in [1.82, 2.24) is 14.8 Å². The van der Waals surface area contributed by atoms with Crippen molar-refractivity contribution in [3.05, 3.63) is 27.5 Å². The summed E-state index contributed by atoms with van der Waals surface area (Å²) in [5.74, 6) is -0.419. The molecule has 0 atom stereocenters. The molecule has 0 saturated carbocycles. The first-order valence-electron chi connectivity index (χ1n) is 8.15. The molecule has 1 aliphatic carbocycles. The molecule has 3 rings (SSSR count). The number of halogens is 3. The van der Waals surface area contributed by atoms with Crippen molar-refractivity contribution < 1.29 is 18.0 Å². The number of amides is 1. The van der Waals surface area contributed by atoms with Gasteiger partial charge in [-0.25, -0.2) is 4.98 Å². The molecule has 1 aliphatic rings. The number of rotatable bonds is 3. The molecule has 25 heavy (non-hydrogen) atoms. The number of aryl methyl sites for hydroxylation is 2. The number of aromatic nitrogens is 3. The zero-order chi connectivity index (χ0) is 18.2. The molecular formula is C16H19F3N4OS. The van der Waals surface area contributed by atoms with Crippen LogP contribution < -0.4 is 5.32 Å². The van der Waals surface area contributed by atoms with Crippen LogP contribution in [0, 0.1) is 13.8 Å². The molecule has 9 heteroatoms. The van der Waals surface area contributed by atoms with E-state index >= 15 is 0 Å². The van der Waals surface area contributed by atoms with Gasteiger partial charge in [0.25, 0.3) is 0 Å². The maximum Gasteiger partial charge on any atom is 0.435 e. The van der Waals surface area contributed by atoms with Crippen LogP contribution in [0.3, 0.4) is 0 Å². The van der Waals surface area contributed by atoms with Crippen LogP contribution in [0.4, 0.5) is 18.3 Å². The van der Waals surface area contributed by atoms with Crippen LogP contribution in [0.25, 0.3) is 0 Å². The highest BCUT2D eigenvalue weighted by Crippen LogP contribution is 2.35. The third kappa shape index (κ3) is 3.86. The fraction of sp³-hybridized carbons (Fsp3) is 0.562. The number of alkyl halides is 3. The van der Waals surface area contributed by atoms with Gasteiger partial charge in [0.15, 0.2) is 10.8 Å². The molecule has 136 valence electrons. The Balaban J connectivity index is 1.84. The minimum atomic E-state index is -4.50. The van der Waals surface area contributed by atoms with Crippen molar-refractivity contribution in [3.8, 4) is 0 Å². The second-order valence-electron chi connectivity index (χ2n) is 6.20. The van der Waals surface area contributed by atoms with Crippen molar-refractivity contribution in [3.63, 3.8) is 0 Å². The standard InChI is InChI=1S/C16H19F3N4OS/c1-9-10(2)25-15(20-9)21-13(24)8-23-12-7-5-3-4-6-11(12)14(22-23)16(17,18)19/h3-8H2,1-2H3,(H,20,21,24). The fourth-order valence-electron chi connectivity index (χ4n) is 3.03. The van der Waals surface area contributed by atoms with E-state index in [1.54, 1.807) is 0 Å². The maximum atomic E-state index is 13.3. The maximum absolute atomic E-state index is 13.3. The van der Waals surface area contributed by atoms with Gasteiger partial charge in [-0.2, -0.15) is 18.3 Å². The first kappa shape index (κ1) is 17.9. The van der Waals surface area contributed by atoms with Gasteiger partial charge in [-0.15, -0.1) is 11.3 Å². The van der Waals surface area contributed by atoms with Gasteiger partial charge in [-0.05, 0) is 39.5 Å². The smallest absolute Gasteiger partial charge is 0.300 e. The topological polar surface area (TPSA) is 59.8 Å². The number of nitrogens with zero attached hydrogens (tertiary/aromatic N) is 3. The Labute approximate surface area is 147 Å². The van der Waals surface area contributed by atoms with Crippen molar-refractivity contribution in [2.45, 2.75) is 58.7 Å². The highest BCUT2D eigenvalue weighted by molar-refractivity contribution is 7.15. The lowest BCUT2D eigenvalue weighted by Crippen LogP contribution is -2.21. The van der Waals surface area contributed by atoms with Gasteiger partial charge in [-0.3, -0.25) is 9.48 Å². The molecule has 2 aromatic heterocycles. The number of thiazole rings is 1. The average Bonchev–Trinajstić information content (AvgIpc) is 2.89. The number of nitrogens with one attached hydrogen (secondary N) is 1. The summed E-state index contributed by atoms with van der Waals surface area (Å²) in [6.45, 7) is 3.49. The van der Waals surface area contributed by atoms with Gasteiger partial charge in [0.2, 0.25) is 5.91 Å². The lowest BCUT2D eigenvalue weighted by molar-refractivity contribution is -0.142. The quantitative estimate of drug-likeness (QED) is 0.832. The number of carbonyl (C=O) groups is 1. The first-order chi connectivity index (χ1) is 11.8. The van der Waals surface area contributed by atoms with E-state index in [0.717, 1.165) is 23.4 Å². The number of carbonyl (C=O) groups excluding carboxylic acids is 1. The van der Waals surface area contributed by atoms with E-state index in [1.165, 1.54) is 16.0 Å². The van der Waals surface area contributed by atoms with Crippen molar-refractivity contribution in [2.24, 2.45) is 0 Å². The molecule has 0 spiro atoms. The average molecular weight is 372 g/mol. The van der Waals surface area contributed by atoms with Crippen molar-refractivity contribution in [1.29, 1.82) is 0 Å². The summed E-state index contributed by atoms with van der Waals surface area (Å²) in [4.78, 5) is 17.5. The summed E-state index contributed by atoms with van der Waals surface area (Å²) in [6.07, 6.45) is -1.22. The third-order valence-corrected chi connectivity index (χ3v) is 5.33. The molecule has 0 unspecified atom stereocenters. The molecule has 2 aromatic rings. The minimum Gasteiger partial charge on any atom is -0.300 e. The van der Waals surface area contributed by atoms with E-state index in [2.05, 4.69) is 15.4 Å². The number of fused-ring (bicyclic) bond motifs is 1. The Morgan fingerprint density at radius 1 is 1.24 bits per heavy atom. The summed E-state index contributed by atoms with van der Waals surface area (Å²) in [5.41, 5.74) is 0.760. The normalized spacial score (nSPS) is 14.9. The lowest BCUT2D eigenvalue weighted by Gasteiger charge is -2.07. The molecule has 2 heterocycles. The molecule has 5 nitrogen and oxygen atoms in total. The van der Waals surface area contributed by atoms with Crippen LogP contribution in [0.2, 0.25) is 0 Å². The Kier molecular flexibility index (Phi) is 4.86. The van der Waals surface area contributed by atoms with Crippen LogP contribution in [0.1, 0.15) is 46.8 Å². The summed E-state index contributed by atoms with van der Waals surface area (Å²) < 4.78 is 41.0. The van der Waals surface area contributed by atoms with Gasteiger partial charge in [0.05, 0.1) is 5.69 Å². The second-order valence-corrected chi connectivity index (χ2v) is 7.40. The fourth-order valence-corrected chi connectivity index (χ4v) is 3.86. The highest BCUT2D eigenvalue weighted by Gasteiger charge is 2.39. The van der Waals surface area contributed by atoms with E-state index in [1.807, 2.05) is 13.8 Å². The van der Waals surface area contributed by atoms with Crippen LogP contribution in [-0.4, -0.2) is 20.7 Å². The van der Waals surface area contributed by atoms with Crippen LogP contribution >= 0.6 is 11.3 Å². The summed E-state index contributed by atoms with van der Waals surface area (Å²) in [5, 5.41) is 6.82. The van der Waals surface area contributed by atoms with Gasteiger partial charge in [-0.1, -0.05) is 6.42 Å². The molecule has 1 amide bonds. The van der Waals surface area contributed by atoms with Gasteiger partial charge < -0.3 is 5.32 Å². The lowest BCUT2D eigenvalue weighted by atomic mass is 10.1. The minimum absolute atomic E-state index is 0.240.